The van der Waals surface area contributed by atoms with E-state index in [2.05, 4.69) is 34.6 Å². The Morgan fingerprint density at radius 3 is 2.60 bits per heavy atom. The van der Waals surface area contributed by atoms with Crippen LogP contribution in [0.5, 0.6) is 11.5 Å². The molecule has 6 heteroatoms. The molecular formula is C19H22N2O3S. The summed E-state index contributed by atoms with van der Waals surface area (Å²) in [6.07, 6.45) is 5.44. The predicted molar refractivity (Wildman–Crippen MR) is 98.3 cm³/mol. The minimum absolute atomic E-state index is 0.0140. The number of nitrogens with one attached hydrogen (secondary N) is 1. The largest absolute Gasteiger partial charge is 0.503 e. The number of pyridine rings is 1. The van der Waals surface area contributed by atoms with Crippen LogP contribution in [0, 0.1) is 0 Å². The summed E-state index contributed by atoms with van der Waals surface area (Å²) in [7, 11) is 1.45. The molecule has 2 N–H and O–H groups in total. The lowest BCUT2D eigenvalue weighted by molar-refractivity contribution is 0.0919. The molecular weight excluding hydrogens is 336 g/mol. The molecule has 0 bridgehead atoms. The number of methoxy groups -OCH3 is 1. The van der Waals surface area contributed by atoms with Gasteiger partial charge in [-0.05, 0) is 37.8 Å². The highest BCUT2D eigenvalue weighted by Crippen LogP contribution is 2.34. The van der Waals surface area contributed by atoms with Crippen LogP contribution >= 0.6 is 11.8 Å². The number of thioether (sulfide) groups is 1. The smallest absolute Gasteiger partial charge is 0.274 e. The summed E-state index contributed by atoms with van der Waals surface area (Å²) in [6.45, 7) is 0. The molecule has 1 heterocycles. The Bertz CT molecular complexity index is 716. The number of ether oxygens (including phenoxy) is 1. The Kier molecular flexibility index (Phi) is 5.81. The van der Waals surface area contributed by atoms with E-state index >= 15 is 0 Å². The van der Waals surface area contributed by atoms with Crippen molar-refractivity contribution in [3.8, 4) is 11.5 Å². The molecule has 1 fully saturated rings. The van der Waals surface area contributed by atoms with E-state index in [-0.39, 0.29) is 29.1 Å². The molecule has 1 aliphatic rings. The summed E-state index contributed by atoms with van der Waals surface area (Å²) in [5, 5.41) is 13.6. The third-order valence-electron chi connectivity index (χ3n) is 4.38. The molecule has 25 heavy (non-hydrogen) atoms. The fraction of sp³-hybridized carbons (Fsp3) is 0.368. The van der Waals surface area contributed by atoms with Crippen LogP contribution in [0.4, 0.5) is 0 Å². The molecule has 0 unspecified atom stereocenters. The fourth-order valence-corrected chi connectivity index (χ4v) is 4.24. The maximum absolute atomic E-state index is 12.4. The van der Waals surface area contributed by atoms with Gasteiger partial charge in [0.25, 0.3) is 5.91 Å². The van der Waals surface area contributed by atoms with Crippen LogP contribution in [0.25, 0.3) is 0 Å². The second-order valence-electron chi connectivity index (χ2n) is 6.09. The molecule has 5 nitrogen and oxygen atoms in total. The van der Waals surface area contributed by atoms with E-state index in [4.69, 9.17) is 4.74 Å². The summed E-state index contributed by atoms with van der Waals surface area (Å²) in [5.74, 6) is -0.311. The van der Waals surface area contributed by atoms with Crippen molar-refractivity contribution in [1.29, 1.82) is 0 Å². The first kappa shape index (κ1) is 17.6. The molecule has 132 valence electrons. The van der Waals surface area contributed by atoms with E-state index in [1.54, 1.807) is 0 Å². The first-order chi connectivity index (χ1) is 12.2. The summed E-state index contributed by atoms with van der Waals surface area (Å²) < 4.78 is 5.02. The van der Waals surface area contributed by atoms with Gasteiger partial charge in [-0.1, -0.05) is 18.2 Å². The van der Waals surface area contributed by atoms with Crippen molar-refractivity contribution in [3.63, 3.8) is 0 Å². The molecule has 1 aromatic carbocycles. The summed E-state index contributed by atoms with van der Waals surface area (Å²) in [4.78, 5) is 17.6. The van der Waals surface area contributed by atoms with E-state index in [9.17, 15) is 9.90 Å². The van der Waals surface area contributed by atoms with E-state index in [0.29, 0.717) is 5.25 Å². The van der Waals surface area contributed by atoms with Crippen LogP contribution in [0.15, 0.2) is 47.5 Å². The van der Waals surface area contributed by atoms with Gasteiger partial charge < -0.3 is 15.2 Å². The average molecular weight is 358 g/mol. The van der Waals surface area contributed by atoms with Gasteiger partial charge in [-0.15, -0.1) is 11.8 Å². The highest BCUT2D eigenvalue weighted by Gasteiger charge is 2.25. The maximum atomic E-state index is 12.4. The van der Waals surface area contributed by atoms with E-state index < -0.39 is 0 Å². The number of hydrogen-bond acceptors (Lipinski definition) is 5. The van der Waals surface area contributed by atoms with Gasteiger partial charge >= 0.3 is 0 Å². The van der Waals surface area contributed by atoms with Gasteiger partial charge in [-0.3, -0.25) is 4.79 Å². The zero-order chi connectivity index (χ0) is 17.6. The minimum atomic E-state index is -0.351. The maximum Gasteiger partial charge on any atom is 0.274 e. The van der Waals surface area contributed by atoms with Gasteiger partial charge in [-0.25, -0.2) is 4.98 Å². The zero-order valence-corrected chi connectivity index (χ0v) is 15.0. The molecule has 3 rings (SSSR count). The van der Waals surface area contributed by atoms with E-state index in [1.165, 1.54) is 24.3 Å². The van der Waals surface area contributed by atoms with Crippen LogP contribution in [0.2, 0.25) is 0 Å². The van der Waals surface area contributed by atoms with Gasteiger partial charge in [0.15, 0.2) is 17.2 Å². The average Bonchev–Trinajstić information content (AvgIpc) is 2.64. The standard InChI is InChI=1S/C19H22N2O3S/c1-24-16-11-12-20-17(18(16)22)19(23)21-13-7-9-15(10-8-13)25-14-5-3-2-4-6-14/h2-6,11-13,15,22H,7-10H2,1H3,(H,21,23). The highest BCUT2D eigenvalue weighted by atomic mass is 32.2. The van der Waals surface area contributed by atoms with Crippen LogP contribution in [-0.2, 0) is 0 Å². The van der Waals surface area contributed by atoms with Crippen LogP contribution in [0.1, 0.15) is 36.2 Å². The number of benzene rings is 1. The number of amides is 1. The second kappa shape index (κ2) is 8.25. The van der Waals surface area contributed by atoms with Crippen molar-refractivity contribution < 1.29 is 14.6 Å². The number of aromatic nitrogens is 1. The lowest BCUT2D eigenvalue weighted by atomic mass is 9.95. The molecule has 1 aliphatic carbocycles. The molecule has 1 saturated carbocycles. The number of carbonyl (C=O) groups excluding carboxylic acids is 1. The highest BCUT2D eigenvalue weighted by molar-refractivity contribution is 8.00. The number of hydrogen-bond donors (Lipinski definition) is 2. The first-order valence-corrected chi connectivity index (χ1v) is 9.30. The lowest BCUT2D eigenvalue weighted by Crippen LogP contribution is -2.38. The summed E-state index contributed by atoms with van der Waals surface area (Å²) in [5.41, 5.74) is 0.0140. The number of aromatic hydroxyl groups is 1. The molecule has 1 amide bonds. The normalized spacial score (nSPS) is 20.0. The summed E-state index contributed by atoms with van der Waals surface area (Å²) in [6, 6.07) is 12.1. The number of rotatable bonds is 5. The molecule has 2 aromatic rings. The molecule has 0 aliphatic heterocycles. The predicted octanol–water partition coefficient (Wildman–Crippen LogP) is 3.63. The third-order valence-corrected chi connectivity index (χ3v) is 5.73. The molecule has 1 aromatic heterocycles. The minimum Gasteiger partial charge on any atom is -0.503 e. The van der Waals surface area contributed by atoms with Crippen molar-refractivity contribution in [2.45, 2.75) is 41.9 Å². The van der Waals surface area contributed by atoms with Crippen molar-refractivity contribution in [3.05, 3.63) is 48.3 Å². The Morgan fingerprint density at radius 1 is 1.20 bits per heavy atom. The van der Waals surface area contributed by atoms with Gasteiger partial charge in [-0.2, -0.15) is 0 Å². The Balaban J connectivity index is 1.53. The van der Waals surface area contributed by atoms with Crippen molar-refractivity contribution >= 4 is 17.7 Å². The van der Waals surface area contributed by atoms with Crippen LogP contribution in [-0.4, -0.2) is 34.4 Å². The Hall–Kier alpha value is -2.21. The van der Waals surface area contributed by atoms with Gasteiger partial charge in [0.1, 0.15) is 0 Å². The Labute approximate surface area is 151 Å². The van der Waals surface area contributed by atoms with Crippen molar-refractivity contribution in [1.82, 2.24) is 10.3 Å². The lowest BCUT2D eigenvalue weighted by Gasteiger charge is -2.28. The van der Waals surface area contributed by atoms with Crippen LogP contribution < -0.4 is 10.1 Å². The van der Waals surface area contributed by atoms with Crippen molar-refractivity contribution in [2.24, 2.45) is 0 Å². The summed E-state index contributed by atoms with van der Waals surface area (Å²) >= 11 is 1.91. The third kappa shape index (κ3) is 4.45. The molecule has 0 radical (unpaired) electrons. The van der Waals surface area contributed by atoms with E-state index in [1.807, 2.05) is 17.8 Å². The SMILES string of the molecule is COc1ccnc(C(=O)NC2CCC(Sc3ccccc3)CC2)c1O. The second-order valence-corrected chi connectivity index (χ2v) is 7.46. The zero-order valence-electron chi connectivity index (χ0n) is 14.1. The molecule has 0 saturated heterocycles. The van der Waals surface area contributed by atoms with Gasteiger partial charge in [0.05, 0.1) is 7.11 Å². The monoisotopic (exact) mass is 358 g/mol. The van der Waals surface area contributed by atoms with E-state index in [0.717, 1.165) is 25.7 Å². The topological polar surface area (TPSA) is 71.5 Å². The first-order valence-electron chi connectivity index (χ1n) is 8.42. The van der Waals surface area contributed by atoms with Crippen LogP contribution in [0.3, 0.4) is 0 Å². The number of carbonyl (C=O) groups is 1. The molecule has 0 atom stereocenters. The Morgan fingerprint density at radius 2 is 1.92 bits per heavy atom. The quantitative estimate of drug-likeness (QED) is 0.854. The molecule has 0 spiro atoms. The van der Waals surface area contributed by atoms with Crippen molar-refractivity contribution in [2.75, 3.05) is 7.11 Å². The van der Waals surface area contributed by atoms with Gasteiger partial charge in [0, 0.05) is 28.5 Å². The number of nitrogens with zero attached hydrogens (tertiary/aromatic N) is 1. The fourth-order valence-electron chi connectivity index (χ4n) is 3.04. The van der Waals surface area contributed by atoms with Gasteiger partial charge in [0.2, 0.25) is 0 Å².